The van der Waals surface area contributed by atoms with E-state index in [2.05, 4.69) is 12.2 Å². The summed E-state index contributed by atoms with van der Waals surface area (Å²) in [6, 6.07) is 13.9. The first kappa shape index (κ1) is 14.4. The molecule has 0 fully saturated rings. The Hall–Kier alpha value is -2.00. The van der Waals surface area contributed by atoms with Gasteiger partial charge in [0, 0.05) is 23.7 Å². The first-order valence-corrected chi connectivity index (χ1v) is 6.77. The van der Waals surface area contributed by atoms with Crippen LogP contribution >= 0.6 is 0 Å². The zero-order valence-corrected chi connectivity index (χ0v) is 12.2. The van der Waals surface area contributed by atoms with Crippen LogP contribution in [-0.4, -0.2) is 12.2 Å². The van der Waals surface area contributed by atoms with Gasteiger partial charge in [-0.1, -0.05) is 36.4 Å². The second-order valence-electron chi connectivity index (χ2n) is 4.93. The smallest absolute Gasteiger partial charge is 0.123 e. The molecular weight excluding hydrogens is 250 g/mol. The number of hydrogen-bond donors (Lipinski definition) is 2. The predicted octanol–water partition coefficient (Wildman–Crippen LogP) is 3.56. The first-order valence-electron chi connectivity index (χ1n) is 6.77. The van der Waals surface area contributed by atoms with E-state index in [-0.39, 0.29) is 6.04 Å². The number of rotatable bonds is 5. The van der Waals surface area contributed by atoms with Gasteiger partial charge < -0.3 is 15.2 Å². The Morgan fingerprint density at radius 3 is 2.65 bits per heavy atom. The van der Waals surface area contributed by atoms with Gasteiger partial charge in [-0.3, -0.25) is 0 Å². The molecule has 1 atom stereocenters. The molecule has 0 spiro atoms. The molecule has 0 aliphatic rings. The fourth-order valence-corrected chi connectivity index (χ4v) is 2.26. The van der Waals surface area contributed by atoms with Crippen molar-refractivity contribution in [3.05, 3.63) is 59.2 Å². The summed E-state index contributed by atoms with van der Waals surface area (Å²) in [4.78, 5) is 0. The summed E-state index contributed by atoms with van der Waals surface area (Å²) in [7, 11) is 1.68. The second kappa shape index (κ2) is 6.44. The zero-order valence-electron chi connectivity index (χ0n) is 12.2. The molecule has 0 radical (unpaired) electrons. The summed E-state index contributed by atoms with van der Waals surface area (Å²) in [5.74, 6) is 1.24. The molecule has 2 aromatic rings. The Balaban J connectivity index is 2.09. The summed E-state index contributed by atoms with van der Waals surface area (Å²) in [6.07, 6.45) is 0. The van der Waals surface area contributed by atoms with Gasteiger partial charge in [0.05, 0.1) is 7.11 Å². The number of aromatic hydroxyl groups is 1. The molecule has 0 saturated carbocycles. The minimum Gasteiger partial charge on any atom is -0.507 e. The van der Waals surface area contributed by atoms with E-state index in [1.54, 1.807) is 7.11 Å². The number of methoxy groups -OCH3 is 1. The molecule has 0 aliphatic heterocycles. The van der Waals surface area contributed by atoms with Crippen LogP contribution < -0.4 is 10.1 Å². The van der Waals surface area contributed by atoms with Crippen molar-refractivity contribution in [2.24, 2.45) is 0 Å². The van der Waals surface area contributed by atoms with E-state index in [1.165, 1.54) is 0 Å². The average Bonchev–Trinajstić information content (AvgIpc) is 2.48. The Labute approximate surface area is 120 Å². The molecule has 106 valence electrons. The van der Waals surface area contributed by atoms with Crippen LogP contribution in [0.5, 0.6) is 11.5 Å². The lowest BCUT2D eigenvalue weighted by molar-refractivity contribution is 0.400. The SMILES string of the molecule is COc1ccccc1[C@@H](C)NCc1cccc(C)c1O. The van der Waals surface area contributed by atoms with Crippen LogP contribution in [0.25, 0.3) is 0 Å². The van der Waals surface area contributed by atoms with Gasteiger partial charge >= 0.3 is 0 Å². The van der Waals surface area contributed by atoms with Crippen LogP contribution in [0.2, 0.25) is 0 Å². The van der Waals surface area contributed by atoms with Gasteiger partial charge in [0.1, 0.15) is 11.5 Å². The van der Waals surface area contributed by atoms with E-state index in [1.807, 2.05) is 49.4 Å². The normalized spacial score (nSPS) is 12.2. The molecule has 0 amide bonds. The molecule has 0 aliphatic carbocycles. The topological polar surface area (TPSA) is 41.5 Å². The molecule has 0 heterocycles. The number of aryl methyl sites for hydroxylation is 1. The van der Waals surface area contributed by atoms with Crippen molar-refractivity contribution < 1.29 is 9.84 Å². The maximum atomic E-state index is 10.0. The van der Waals surface area contributed by atoms with Gasteiger partial charge in [-0.05, 0) is 25.5 Å². The fraction of sp³-hybridized carbons (Fsp3) is 0.294. The lowest BCUT2D eigenvalue weighted by atomic mass is 10.1. The van der Waals surface area contributed by atoms with Crippen LogP contribution in [0.4, 0.5) is 0 Å². The number of phenolic OH excluding ortho intramolecular Hbond substituents is 1. The number of ether oxygens (including phenoxy) is 1. The zero-order chi connectivity index (χ0) is 14.5. The molecule has 2 aromatic carbocycles. The molecular formula is C17H21NO2. The molecule has 2 N–H and O–H groups in total. The van der Waals surface area contributed by atoms with Crippen LogP contribution in [0, 0.1) is 6.92 Å². The van der Waals surface area contributed by atoms with Crippen LogP contribution in [0.15, 0.2) is 42.5 Å². The highest BCUT2D eigenvalue weighted by Gasteiger charge is 2.11. The van der Waals surface area contributed by atoms with Gasteiger partial charge in [0.15, 0.2) is 0 Å². The number of para-hydroxylation sites is 2. The monoisotopic (exact) mass is 271 g/mol. The van der Waals surface area contributed by atoms with E-state index in [9.17, 15) is 5.11 Å². The van der Waals surface area contributed by atoms with Gasteiger partial charge in [0.2, 0.25) is 0 Å². The number of nitrogens with one attached hydrogen (secondary N) is 1. The van der Waals surface area contributed by atoms with Crippen LogP contribution in [-0.2, 0) is 6.54 Å². The number of benzene rings is 2. The minimum absolute atomic E-state index is 0.145. The predicted molar refractivity (Wildman–Crippen MR) is 81.1 cm³/mol. The number of hydrogen-bond acceptors (Lipinski definition) is 3. The standard InChI is InChI=1S/C17H21NO2/c1-12-7-6-8-14(17(12)19)11-18-13(2)15-9-4-5-10-16(15)20-3/h4-10,13,18-19H,11H2,1-3H3/t13-/m1/s1. The fourth-order valence-electron chi connectivity index (χ4n) is 2.26. The lowest BCUT2D eigenvalue weighted by Gasteiger charge is -2.18. The highest BCUT2D eigenvalue weighted by molar-refractivity contribution is 5.40. The third-order valence-corrected chi connectivity index (χ3v) is 3.53. The maximum Gasteiger partial charge on any atom is 0.123 e. The molecule has 0 aromatic heterocycles. The van der Waals surface area contributed by atoms with E-state index in [0.717, 1.165) is 22.4 Å². The van der Waals surface area contributed by atoms with Gasteiger partial charge in [-0.2, -0.15) is 0 Å². The molecule has 0 saturated heterocycles. The van der Waals surface area contributed by atoms with Crippen molar-refractivity contribution in [1.82, 2.24) is 5.32 Å². The molecule has 3 nitrogen and oxygen atoms in total. The summed E-state index contributed by atoms with van der Waals surface area (Å²) >= 11 is 0. The van der Waals surface area contributed by atoms with Crippen molar-refractivity contribution in [3.8, 4) is 11.5 Å². The second-order valence-corrected chi connectivity index (χ2v) is 4.93. The summed E-state index contributed by atoms with van der Waals surface area (Å²) in [6.45, 7) is 4.61. The van der Waals surface area contributed by atoms with E-state index >= 15 is 0 Å². The van der Waals surface area contributed by atoms with Crippen molar-refractivity contribution in [1.29, 1.82) is 0 Å². The minimum atomic E-state index is 0.145. The van der Waals surface area contributed by atoms with Crippen molar-refractivity contribution in [3.63, 3.8) is 0 Å². The molecule has 0 unspecified atom stereocenters. The van der Waals surface area contributed by atoms with Gasteiger partial charge in [0.25, 0.3) is 0 Å². The first-order chi connectivity index (χ1) is 9.63. The third kappa shape index (κ3) is 3.11. The third-order valence-electron chi connectivity index (χ3n) is 3.53. The lowest BCUT2D eigenvalue weighted by Crippen LogP contribution is -2.18. The maximum absolute atomic E-state index is 10.0. The van der Waals surface area contributed by atoms with E-state index in [4.69, 9.17) is 4.74 Å². The Bertz CT molecular complexity index is 581. The Morgan fingerprint density at radius 2 is 1.90 bits per heavy atom. The van der Waals surface area contributed by atoms with Crippen molar-refractivity contribution >= 4 is 0 Å². The van der Waals surface area contributed by atoms with E-state index < -0.39 is 0 Å². The molecule has 3 heteroatoms. The highest BCUT2D eigenvalue weighted by atomic mass is 16.5. The molecule has 2 rings (SSSR count). The Kier molecular flexibility index (Phi) is 4.64. The van der Waals surface area contributed by atoms with Crippen LogP contribution in [0.1, 0.15) is 29.7 Å². The average molecular weight is 271 g/mol. The summed E-state index contributed by atoms with van der Waals surface area (Å²) < 4.78 is 5.37. The summed E-state index contributed by atoms with van der Waals surface area (Å²) in [5, 5.41) is 13.4. The highest BCUT2D eigenvalue weighted by Crippen LogP contribution is 2.26. The van der Waals surface area contributed by atoms with Gasteiger partial charge in [-0.25, -0.2) is 0 Å². The van der Waals surface area contributed by atoms with Crippen LogP contribution in [0.3, 0.4) is 0 Å². The Morgan fingerprint density at radius 1 is 1.15 bits per heavy atom. The van der Waals surface area contributed by atoms with Crippen molar-refractivity contribution in [2.75, 3.05) is 7.11 Å². The molecule has 0 bridgehead atoms. The van der Waals surface area contributed by atoms with Gasteiger partial charge in [-0.15, -0.1) is 0 Å². The summed E-state index contributed by atoms with van der Waals surface area (Å²) in [5.41, 5.74) is 2.92. The largest absolute Gasteiger partial charge is 0.507 e. The molecule has 20 heavy (non-hydrogen) atoms. The van der Waals surface area contributed by atoms with Crippen molar-refractivity contribution in [2.45, 2.75) is 26.4 Å². The van der Waals surface area contributed by atoms with E-state index in [0.29, 0.717) is 12.3 Å². The number of phenols is 1. The quantitative estimate of drug-likeness (QED) is 0.873.